The first-order valence-corrected chi connectivity index (χ1v) is 11.4. The number of aromatic amines is 1. The van der Waals surface area contributed by atoms with Gasteiger partial charge in [-0.15, -0.1) is 0 Å². The number of hydrogen-bond acceptors (Lipinski definition) is 5. The Morgan fingerprint density at radius 3 is 2.55 bits per heavy atom. The number of carbonyl (C=O) groups is 1. The molecule has 0 radical (unpaired) electrons. The van der Waals surface area contributed by atoms with Gasteiger partial charge < -0.3 is 15.2 Å². The molecule has 1 aliphatic rings. The average Bonchev–Trinajstić information content (AvgIpc) is 3.31. The van der Waals surface area contributed by atoms with E-state index in [0.29, 0.717) is 50.6 Å². The summed E-state index contributed by atoms with van der Waals surface area (Å²) in [5.41, 5.74) is 1.17. The maximum absolute atomic E-state index is 13.0. The molecule has 2 aromatic heterocycles. The van der Waals surface area contributed by atoms with Gasteiger partial charge in [-0.25, -0.2) is 0 Å². The van der Waals surface area contributed by atoms with Gasteiger partial charge >= 0.3 is 6.18 Å². The van der Waals surface area contributed by atoms with E-state index in [1.165, 1.54) is 29.5 Å². The number of rotatable bonds is 6. The van der Waals surface area contributed by atoms with Gasteiger partial charge in [0.2, 0.25) is 0 Å². The molecule has 33 heavy (non-hydrogen) atoms. The summed E-state index contributed by atoms with van der Waals surface area (Å²) < 4.78 is 38.9. The second kappa shape index (κ2) is 9.80. The molecule has 1 aromatic carbocycles. The summed E-state index contributed by atoms with van der Waals surface area (Å²) in [6.45, 7) is 3.29. The SMILES string of the molecule is O=C(NCc1ccsc1)c1ccc(CN2CCN(c3cccc(C(F)(F)F)c3)CC2)[nH]c1=O. The summed E-state index contributed by atoms with van der Waals surface area (Å²) in [5, 5.41) is 6.59. The molecule has 6 nitrogen and oxygen atoms in total. The fraction of sp³-hybridized carbons (Fsp3) is 0.304. The number of aromatic nitrogens is 1. The van der Waals surface area contributed by atoms with Crippen LogP contribution in [-0.2, 0) is 19.3 Å². The molecule has 1 fully saturated rings. The first kappa shape index (κ1) is 23.1. The van der Waals surface area contributed by atoms with Crippen molar-refractivity contribution in [2.75, 3.05) is 31.1 Å². The number of alkyl halides is 3. The highest BCUT2D eigenvalue weighted by Crippen LogP contribution is 2.31. The highest BCUT2D eigenvalue weighted by Gasteiger charge is 2.31. The molecule has 0 bridgehead atoms. The maximum atomic E-state index is 13.0. The predicted molar refractivity (Wildman–Crippen MR) is 121 cm³/mol. The van der Waals surface area contributed by atoms with Gasteiger partial charge in [0.25, 0.3) is 11.5 Å². The molecule has 1 aliphatic heterocycles. The van der Waals surface area contributed by atoms with Gasteiger partial charge in [-0.2, -0.15) is 24.5 Å². The number of halogens is 3. The third kappa shape index (κ3) is 5.82. The summed E-state index contributed by atoms with van der Waals surface area (Å²) >= 11 is 1.54. The molecular weight excluding hydrogens is 453 g/mol. The Hall–Kier alpha value is -3.11. The van der Waals surface area contributed by atoms with E-state index in [0.717, 1.165) is 11.6 Å². The highest BCUT2D eigenvalue weighted by molar-refractivity contribution is 7.07. The van der Waals surface area contributed by atoms with Gasteiger partial charge in [-0.05, 0) is 52.7 Å². The van der Waals surface area contributed by atoms with Gasteiger partial charge in [0.05, 0.1) is 5.56 Å². The minimum atomic E-state index is -4.36. The van der Waals surface area contributed by atoms with Crippen LogP contribution in [0.4, 0.5) is 18.9 Å². The molecule has 0 aliphatic carbocycles. The molecule has 1 saturated heterocycles. The van der Waals surface area contributed by atoms with Crippen molar-refractivity contribution in [2.24, 2.45) is 0 Å². The van der Waals surface area contributed by atoms with Gasteiger partial charge in [0, 0.05) is 50.6 Å². The molecule has 3 heterocycles. The second-order valence-corrected chi connectivity index (χ2v) is 8.63. The molecule has 2 N–H and O–H groups in total. The Kier molecular flexibility index (Phi) is 6.85. The van der Waals surface area contributed by atoms with Crippen molar-refractivity contribution in [1.29, 1.82) is 0 Å². The van der Waals surface area contributed by atoms with Crippen molar-refractivity contribution in [3.63, 3.8) is 0 Å². The smallest absolute Gasteiger partial charge is 0.369 e. The van der Waals surface area contributed by atoms with Crippen LogP contribution in [-0.4, -0.2) is 42.0 Å². The third-order valence-corrected chi connectivity index (χ3v) is 6.28. The zero-order chi connectivity index (χ0) is 23.4. The van der Waals surface area contributed by atoms with Gasteiger partial charge in [0.1, 0.15) is 5.56 Å². The molecule has 0 atom stereocenters. The molecule has 0 saturated carbocycles. The Balaban J connectivity index is 1.32. The van der Waals surface area contributed by atoms with Crippen LogP contribution < -0.4 is 15.8 Å². The number of benzene rings is 1. The van der Waals surface area contributed by atoms with Gasteiger partial charge in [-0.3, -0.25) is 14.5 Å². The zero-order valence-electron chi connectivity index (χ0n) is 17.7. The number of anilines is 1. The zero-order valence-corrected chi connectivity index (χ0v) is 18.5. The van der Waals surface area contributed by atoms with E-state index >= 15 is 0 Å². The summed E-state index contributed by atoms with van der Waals surface area (Å²) in [7, 11) is 0. The van der Waals surface area contributed by atoms with Crippen LogP contribution in [0.2, 0.25) is 0 Å². The summed E-state index contributed by atoms with van der Waals surface area (Å²) in [6.07, 6.45) is -4.36. The number of carbonyl (C=O) groups excluding carboxylic acids is 1. The summed E-state index contributed by atoms with van der Waals surface area (Å²) in [5.74, 6) is -0.427. The Morgan fingerprint density at radius 1 is 1.09 bits per heavy atom. The maximum Gasteiger partial charge on any atom is 0.416 e. The van der Waals surface area contributed by atoms with Crippen molar-refractivity contribution < 1.29 is 18.0 Å². The van der Waals surface area contributed by atoms with Gasteiger partial charge in [-0.1, -0.05) is 6.07 Å². The van der Waals surface area contributed by atoms with Crippen molar-refractivity contribution in [1.82, 2.24) is 15.2 Å². The number of amides is 1. The Morgan fingerprint density at radius 2 is 1.88 bits per heavy atom. The fourth-order valence-corrected chi connectivity index (χ4v) is 4.41. The molecule has 174 valence electrons. The van der Waals surface area contributed by atoms with Crippen molar-refractivity contribution in [3.8, 4) is 0 Å². The van der Waals surface area contributed by atoms with E-state index in [-0.39, 0.29) is 5.56 Å². The van der Waals surface area contributed by atoms with Crippen LogP contribution >= 0.6 is 11.3 Å². The number of hydrogen-bond donors (Lipinski definition) is 2. The van der Waals surface area contributed by atoms with Gasteiger partial charge in [0.15, 0.2) is 0 Å². The largest absolute Gasteiger partial charge is 0.416 e. The van der Waals surface area contributed by atoms with Crippen LogP contribution in [0.5, 0.6) is 0 Å². The number of piperazine rings is 1. The second-order valence-electron chi connectivity index (χ2n) is 7.85. The number of nitrogens with one attached hydrogen (secondary N) is 2. The minimum absolute atomic E-state index is 0.0587. The first-order chi connectivity index (χ1) is 15.8. The number of thiophene rings is 1. The van der Waals surface area contributed by atoms with Crippen molar-refractivity contribution >= 4 is 22.9 Å². The lowest BCUT2D eigenvalue weighted by atomic mass is 10.1. The van der Waals surface area contributed by atoms with Crippen LogP contribution in [0, 0.1) is 0 Å². The lowest BCUT2D eigenvalue weighted by Crippen LogP contribution is -2.46. The minimum Gasteiger partial charge on any atom is -0.369 e. The molecule has 10 heteroatoms. The highest BCUT2D eigenvalue weighted by atomic mass is 32.1. The monoisotopic (exact) mass is 476 g/mol. The van der Waals surface area contributed by atoms with Crippen LogP contribution in [0.3, 0.4) is 0 Å². The Bertz CT molecular complexity index is 1150. The molecule has 1 amide bonds. The number of pyridine rings is 1. The Labute approximate surface area is 192 Å². The van der Waals surface area contributed by atoms with Crippen molar-refractivity contribution in [2.45, 2.75) is 19.3 Å². The number of nitrogens with zero attached hydrogens (tertiary/aromatic N) is 2. The molecule has 0 spiro atoms. The summed E-state index contributed by atoms with van der Waals surface area (Å²) in [6, 6.07) is 10.5. The fourth-order valence-electron chi connectivity index (χ4n) is 3.74. The quantitative estimate of drug-likeness (QED) is 0.569. The molecule has 0 unspecified atom stereocenters. The van der Waals surface area contributed by atoms with E-state index in [2.05, 4.69) is 15.2 Å². The van der Waals surface area contributed by atoms with Crippen LogP contribution in [0.15, 0.2) is 58.0 Å². The average molecular weight is 477 g/mol. The molecule has 3 aromatic rings. The van der Waals surface area contributed by atoms with E-state index in [4.69, 9.17) is 0 Å². The van der Waals surface area contributed by atoms with Crippen LogP contribution in [0.1, 0.15) is 27.2 Å². The normalized spacial score (nSPS) is 14.9. The molecular formula is C23H23F3N4O2S. The third-order valence-electron chi connectivity index (χ3n) is 5.55. The predicted octanol–water partition coefficient (Wildman–Crippen LogP) is 3.71. The van der Waals surface area contributed by atoms with E-state index in [9.17, 15) is 22.8 Å². The van der Waals surface area contributed by atoms with E-state index in [1.807, 2.05) is 21.7 Å². The lowest BCUT2D eigenvalue weighted by molar-refractivity contribution is -0.137. The lowest BCUT2D eigenvalue weighted by Gasteiger charge is -2.36. The standard InChI is InChI=1S/C23H23F3N4O2S/c24-23(25,26)17-2-1-3-19(12-17)30-9-7-29(8-10-30)14-18-4-5-20(22(32)28-18)21(31)27-13-16-6-11-33-15-16/h1-6,11-12,15H,7-10,13-14H2,(H,27,31)(H,28,32). The van der Waals surface area contributed by atoms with Crippen LogP contribution in [0.25, 0.3) is 0 Å². The van der Waals surface area contributed by atoms with Crippen molar-refractivity contribution in [3.05, 3.63) is 86.0 Å². The topological polar surface area (TPSA) is 68.4 Å². The first-order valence-electron chi connectivity index (χ1n) is 10.5. The van der Waals surface area contributed by atoms with E-state index in [1.54, 1.807) is 12.1 Å². The summed E-state index contributed by atoms with van der Waals surface area (Å²) in [4.78, 5) is 31.5. The molecule has 4 rings (SSSR count). The van der Waals surface area contributed by atoms with E-state index < -0.39 is 23.2 Å². The number of H-pyrrole nitrogens is 1.